The number of hydrogen-bond donors (Lipinski definition) is 0. The maximum Gasteiger partial charge on any atom is 0.307 e. The van der Waals surface area contributed by atoms with Crippen LogP contribution in [0.5, 0.6) is 0 Å². The summed E-state index contributed by atoms with van der Waals surface area (Å²) < 4.78 is 4.70. The van der Waals surface area contributed by atoms with E-state index >= 15 is 0 Å². The number of hydrogen-bond acceptors (Lipinski definition) is 4. The van der Waals surface area contributed by atoms with Gasteiger partial charge >= 0.3 is 5.97 Å². The lowest BCUT2D eigenvalue weighted by Crippen LogP contribution is -2.42. The fourth-order valence-corrected chi connectivity index (χ4v) is 3.47. The molecule has 0 aliphatic heterocycles. The van der Waals surface area contributed by atoms with E-state index in [1.54, 1.807) is 17.0 Å². The quantitative estimate of drug-likeness (QED) is 0.525. The summed E-state index contributed by atoms with van der Waals surface area (Å²) in [5.41, 5.74) is 1.74. The number of amides is 1. The number of rotatable bonds is 8. The zero-order valence-electron chi connectivity index (χ0n) is 15.8. The number of ether oxygens (including phenoxy) is 1. The predicted molar refractivity (Wildman–Crippen MR) is 100.0 cm³/mol. The van der Waals surface area contributed by atoms with Crippen LogP contribution in [0.3, 0.4) is 0 Å². The number of Topliss-reactive ketones (excluding diaryl/α,β-unsaturated/α-hetero) is 1. The van der Waals surface area contributed by atoms with E-state index in [1.807, 2.05) is 19.1 Å². The lowest BCUT2D eigenvalue weighted by atomic mass is 9.93. The standard InChI is InChI=1S/C21H29NO4/c1-16-8-10-17(11-9-16)19(23)12-13-20(24)22(15-14-21(25)26-2)18-6-4-3-5-7-18/h8-11,18H,3-7,12-15H2,1-2H3. The van der Waals surface area contributed by atoms with Crippen LogP contribution in [0.2, 0.25) is 0 Å². The van der Waals surface area contributed by atoms with Gasteiger partial charge in [0.1, 0.15) is 0 Å². The molecule has 1 fully saturated rings. The third-order valence-electron chi connectivity index (χ3n) is 5.06. The van der Waals surface area contributed by atoms with Gasteiger partial charge in [0.15, 0.2) is 5.78 Å². The van der Waals surface area contributed by atoms with Crippen molar-refractivity contribution in [3.8, 4) is 0 Å². The highest BCUT2D eigenvalue weighted by molar-refractivity contribution is 5.98. The van der Waals surface area contributed by atoms with Crippen molar-refractivity contribution in [1.29, 1.82) is 0 Å². The van der Waals surface area contributed by atoms with Crippen LogP contribution in [0.1, 0.15) is 67.3 Å². The molecule has 1 aliphatic carbocycles. The molecule has 1 aromatic carbocycles. The molecule has 0 aromatic heterocycles. The Balaban J connectivity index is 1.94. The molecule has 0 spiro atoms. The second-order valence-corrected chi connectivity index (χ2v) is 6.99. The van der Waals surface area contributed by atoms with E-state index in [2.05, 4.69) is 0 Å². The largest absolute Gasteiger partial charge is 0.469 e. The number of ketones is 1. The fourth-order valence-electron chi connectivity index (χ4n) is 3.47. The minimum Gasteiger partial charge on any atom is -0.469 e. The number of nitrogens with zero attached hydrogens (tertiary/aromatic N) is 1. The molecule has 0 N–H and O–H groups in total. The van der Waals surface area contributed by atoms with E-state index in [1.165, 1.54) is 13.5 Å². The first-order chi connectivity index (χ1) is 12.5. The summed E-state index contributed by atoms with van der Waals surface area (Å²) in [6.45, 7) is 2.34. The van der Waals surface area contributed by atoms with Gasteiger partial charge in [-0.05, 0) is 19.8 Å². The first-order valence-electron chi connectivity index (χ1n) is 9.47. The Morgan fingerprint density at radius 3 is 2.27 bits per heavy atom. The van der Waals surface area contributed by atoms with E-state index in [9.17, 15) is 14.4 Å². The molecule has 0 unspecified atom stereocenters. The summed E-state index contributed by atoms with van der Waals surface area (Å²) in [5.74, 6) is -0.370. The first-order valence-corrected chi connectivity index (χ1v) is 9.47. The summed E-state index contributed by atoms with van der Waals surface area (Å²) in [6, 6.07) is 7.59. The van der Waals surface area contributed by atoms with E-state index in [4.69, 9.17) is 4.74 Å². The van der Waals surface area contributed by atoms with E-state index in [0.717, 1.165) is 31.2 Å². The summed E-state index contributed by atoms with van der Waals surface area (Å²) >= 11 is 0. The highest BCUT2D eigenvalue weighted by Crippen LogP contribution is 2.24. The summed E-state index contributed by atoms with van der Waals surface area (Å²) in [4.78, 5) is 38.4. The Bertz CT molecular complexity index is 617. The molecule has 1 aliphatic rings. The molecule has 1 aromatic rings. The number of methoxy groups -OCH3 is 1. The molecule has 26 heavy (non-hydrogen) atoms. The van der Waals surface area contributed by atoms with Crippen LogP contribution >= 0.6 is 0 Å². The van der Waals surface area contributed by atoms with E-state index in [0.29, 0.717) is 12.1 Å². The second kappa shape index (κ2) is 10.1. The molecule has 0 heterocycles. The van der Waals surface area contributed by atoms with Gasteiger partial charge in [0, 0.05) is 31.0 Å². The predicted octanol–water partition coefficient (Wildman–Crippen LogP) is 3.68. The molecular weight excluding hydrogens is 330 g/mol. The normalized spacial score (nSPS) is 14.7. The SMILES string of the molecule is COC(=O)CCN(C(=O)CCC(=O)c1ccc(C)cc1)C1CCCCC1. The first kappa shape index (κ1) is 20.1. The van der Waals surface area contributed by atoms with Gasteiger partial charge in [-0.15, -0.1) is 0 Å². The van der Waals surface area contributed by atoms with Crippen molar-refractivity contribution >= 4 is 17.7 Å². The smallest absolute Gasteiger partial charge is 0.307 e. The topological polar surface area (TPSA) is 63.7 Å². The average Bonchev–Trinajstić information content (AvgIpc) is 2.67. The van der Waals surface area contributed by atoms with Gasteiger partial charge in [0.05, 0.1) is 13.5 Å². The Morgan fingerprint density at radius 1 is 1.00 bits per heavy atom. The highest BCUT2D eigenvalue weighted by atomic mass is 16.5. The van der Waals surface area contributed by atoms with Crippen LogP contribution in [0, 0.1) is 6.92 Å². The van der Waals surface area contributed by atoms with Crippen molar-refractivity contribution in [3.63, 3.8) is 0 Å². The van der Waals surface area contributed by atoms with Gasteiger partial charge in [0.25, 0.3) is 0 Å². The van der Waals surface area contributed by atoms with Gasteiger partial charge in [0.2, 0.25) is 5.91 Å². The maximum atomic E-state index is 12.8. The average molecular weight is 359 g/mol. The summed E-state index contributed by atoms with van der Waals surface area (Å²) in [6.07, 6.45) is 5.93. The maximum absolute atomic E-state index is 12.8. The highest BCUT2D eigenvalue weighted by Gasteiger charge is 2.26. The van der Waals surface area contributed by atoms with Gasteiger partial charge < -0.3 is 9.64 Å². The second-order valence-electron chi connectivity index (χ2n) is 6.99. The third-order valence-corrected chi connectivity index (χ3v) is 5.06. The molecule has 0 radical (unpaired) electrons. The zero-order chi connectivity index (χ0) is 18.9. The molecule has 1 saturated carbocycles. The lowest BCUT2D eigenvalue weighted by molar-refractivity contribution is -0.142. The molecular formula is C21H29NO4. The number of carbonyl (C=O) groups is 3. The van der Waals surface area contributed by atoms with Gasteiger partial charge in [-0.25, -0.2) is 0 Å². The van der Waals surface area contributed by atoms with Crippen molar-refractivity contribution in [2.24, 2.45) is 0 Å². The van der Waals surface area contributed by atoms with Crippen LogP contribution < -0.4 is 0 Å². The molecule has 142 valence electrons. The number of esters is 1. The van der Waals surface area contributed by atoms with Gasteiger partial charge in [-0.1, -0.05) is 49.1 Å². The molecule has 5 nitrogen and oxygen atoms in total. The molecule has 2 rings (SSSR count). The van der Waals surface area contributed by atoms with Crippen molar-refractivity contribution in [1.82, 2.24) is 4.90 Å². The summed E-state index contributed by atoms with van der Waals surface area (Å²) in [5, 5.41) is 0. The third kappa shape index (κ3) is 5.97. The minimum atomic E-state index is -0.311. The number of carbonyl (C=O) groups excluding carboxylic acids is 3. The molecule has 5 heteroatoms. The van der Waals surface area contributed by atoms with Crippen molar-refractivity contribution < 1.29 is 19.1 Å². The minimum absolute atomic E-state index is 0.0186. The monoisotopic (exact) mass is 359 g/mol. The van der Waals surface area contributed by atoms with E-state index < -0.39 is 0 Å². The van der Waals surface area contributed by atoms with Crippen LogP contribution in [0.15, 0.2) is 24.3 Å². The Hall–Kier alpha value is -2.17. The van der Waals surface area contributed by atoms with Crippen LogP contribution in [-0.4, -0.2) is 42.3 Å². The van der Waals surface area contributed by atoms with Crippen molar-refractivity contribution in [3.05, 3.63) is 35.4 Å². The van der Waals surface area contributed by atoms with Crippen molar-refractivity contribution in [2.45, 2.75) is 64.3 Å². The zero-order valence-corrected chi connectivity index (χ0v) is 15.8. The molecule has 0 atom stereocenters. The van der Waals surface area contributed by atoms with Gasteiger partial charge in [-0.2, -0.15) is 0 Å². The van der Waals surface area contributed by atoms with E-state index in [-0.39, 0.29) is 43.0 Å². The Kier molecular flexibility index (Phi) is 7.82. The number of benzene rings is 1. The van der Waals surface area contributed by atoms with Crippen molar-refractivity contribution in [2.75, 3.05) is 13.7 Å². The molecule has 0 bridgehead atoms. The summed E-state index contributed by atoms with van der Waals surface area (Å²) in [7, 11) is 1.36. The lowest BCUT2D eigenvalue weighted by Gasteiger charge is -2.34. The number of aryl methyl sites for hydroxylation is 1. The fraction of sp³-hybridized carbons (Fsp3) is 0.571. The Labute approximate surface area is 155 Å². The molecule has 1 amide bonds. The molecule has 0 saturated heterocycles. The Morgan fingerprint density at radius 2 is 1.65 bits per heavy atom. The van der Waals surface area contributed by atoms with Crippen LogP contribution in [0.25, 0.3) is 0 Å². The van der Waals surface area contributed by atoms with Gasteiger partial charge in [-0.3, -0.25) is 14.4 Å². The van der Waals surface area contributed by atoms with Crippen LogP contribution in [0.4, 0.5) is 0 Å². The van der Waals surface area contributed by atoms with Crippen LogP contribution in [-0.2, 0) is 14.3 Å².